The van der Waals surface area contributed by atoms with Crippen LogP contribution in [0.2, 0.25) is 10.0 Å². The summed E-state index contributed by atoms with van der Waals surface area (Å²) in [5.74, 6) is -3.27. The molecule has 0 aliphatic heterocycles. The first-order chi connectivity index (χ1) is 9.10. The van der Waals surface area contributed by atoms with Crippen molar-refractivity contribution < 1.29 is 19.4 Å². The highest BCUT2D eigenvalue weighted by Crippen LogP contribution is 2.24. The summed E-state index contributed by atoms with van der Waals surface area (Å²) in [6.07, 6.45) is 0.00113. The van der Waals surface area contributed by atoms with Gasteiger partial charge in [-0.05, 0) is 44.9 Å². The van der Waals surface area contributed by atoms with Gasteiger partial charge in [0, 0.05) is 0 Å². The summed E-state index contributed by atoms with van der Waals surface area (Å²) in [5, 5.41) is 9.86. The lowest BCUT2D eigenvalue weighted by Crippen LogP contribution is -2.33. The topological polar surface area (TPSA) is 63.6 Å². The van der Waals surface area contributed by atoms with Crippen molar-refractivity contribution in [2.75, 3.05) is 0 Å². The summed E-state index contributed by atoms with van der Waals surface area (Å²) in [7, 11) is 0. The number of aliphatic carboxylic acids is 1. The predicted octanol–water partition coefficient (Wildman–Crippen LogP) is 3.58. The molecule has 0 fully saturated rings. The average Bonchev–Trinajstić information content (AvgIpc) is 2.27. The Balaban J connectivity index is 2.90. The van der Waals surface area contributed by atoms with Gasteiger partial charge in [-0.2, -0.15) is 0 Å². The van der Waals surface area contributed by atoms with E-state index < -0.39 is 23.5 Å². The van der Waals surface area contributed by atoms with E-state index in [-0.39, 0.29) is 6.42 Å². The van der Waals surface area contributed by atoms with Crippen LogP contribution in [0.25, 0.3) is 0 Å². The quantitative estimate of drug-likeness (QED) is 0.680. The maximum Gasteiger partial charge on any atom is 0.321 e. The highest BCUT2D eigenvalue weighted by Gasteiger charge is 2.31. The zero-order valence-electron chi connectivity index (χ0n) is 11.4. The molecule has 0 amide bonds. The molecule has 4 nitrogen and oxygen atoms in total. The number of rotatable bonds is 4. The summed E-state index contributed by atoms with van der Waals surface area (Å²) in [6, 6.07) is 4.74. The second-order valence-corrected chi connectivity index (χ2v) is 6.19. The number of hydrogen-bond acceptors (Lipinski definition) is 3. The van der Waals surface area contributed by atoms with Crippen LogP contribution in [0.4, 0.5) is 0 Å². The van der Waals surface area contributed by atoms with Gasteiger partial charge in [0.15, 0.2) is 5.92 Å². The molecule has 0 spiro atoms. The minimum absolute atomic E-state index is 0.00113. The number of carbonyl (C=O) groups is 2. The highest BCUT2D eigenvalue weighted by molar-refractivity contribution is 6.42. The van der Waals surface area contributed by atoms with Crippen LogP contribution in [0.1, 0.15) is 26.3 Å². The number of ether oxygens (including phenoxy) is 1. The van der Waals surface area contributed by atoms with Gasteiger partial charge < -0.3 is 9.84 Å². The van der Waals surface area contributed by atoms with E-state index in [0.29, 0.717) is 15.6 Å². The lowest BCUT2D eigenvalue weighted by atomic mass is 9.99. The maximum absolute atomic E-state index is 11.9. The van der Waals surface area contributed by atoms with Gasteiger partial charge in [-0.1, -0.05) is 29.3 Å². The first kappa shape index (κ1) is 16.8. The van der Waals surface area contributed by atoms with E-state index in [1.807, 2.05) is 0 Å². The minimum Gasteiger partial charge on any atom is -0.481 e. The summed E-state index contributed by atoms with van der Waals surface area (Å²) < 4.78 is 5.11. The van der Waals surface area contributed by atoms with Gasteiger partial charge in [0.25, 0.3) is 0 Å². The van der Waals surface area contributed by atoms with Crippen LogP contribution in [-0.2, 0) is 20.7 Å². The Bertz CT molecular complexity index is 520. The molecule has 1 aromatic rings. The van der Waals surface area contributed by atoms with E-state index in [1.165, 1.54) is 0 Å². The minimum atomic E-state index is -1.27. The Morgan fingerprint density at radius 1 is 1.25 bits per heavy atom. The van der Waals surface area contributed by atoms with Crippen LogP contribution in [0.3, 0.4) is 0 Å². The molecule has 0 heterocycles. The van der Waals surface area contributed by atoms with Gasteiger partial charge in [0.1, 0.15) is 5.60 Å². The molecular weight excluding hydrogens is 303 g/mol. The zero-order valence-corrected chi connectivity index (χ0v) is 13.0. The number of carboxylic acids is 1. The van der Waals surface area contributed by atoms with Gasteiger partial charge in [0.05, 0.1) is 10.0 Å². The standard InChI is InChI=1S/C14H16Cl2O4/c1-14(2,3)20-13(19)9(12(17)18)6-8-4-5-10(15)11(16)7-8/h4-5,7,9H,6H2,1-3H3,(H,17,18)/t9-/m1/s1. The Morgan fingerprint density at radius 3 is 2.30 bits per heavy atom. The van der Waals surface area contributed by atoms with Crippen molar-refractivity contribution in [2.24, 2.45) is 5.92 Å². The number of halogens is 2. The molecule has 1 atom stereocenters. The molecule has 0 unspecified atom stereocenters. The Labute approximate surface area is 127 Å². The Hall–Kier alpha value is -1.26. The average molecular weight is 319 g/mol. The number of hydrogen-bond donors (Lipinski definition) is 1. The van der Waals surface area contributed by atoms with Crippen LogP contribution in [0, 0.1) is 5.92 Å². The number of esters is 1. The van der Waals surface area contributed by atoms with Crippen molar-refractivity contribution in [1.29, 1.82) is 0 Å². The Morgan fingerprint density at radius 2 is 1.85 bits per heavy atom. The molecule has 20 heavy (non-hydrogen) atoms. The van der Waals surface area contributed by atoms with Gasteiger partial charge in [-0.3, -0.25) is 9.59 Å². The van der Waals surface area contributed by atoms with Crippen molar-refractivity contribution in [3.63, 3.8) is 0 Å². The van der Waals surface area contributed by atoms with Crippen LogP contribution >= 0.6 is 23.2 Å². The largest absolute Gasteiger partial charge is 0.481 e. The summed E-state index contributed by atoms with van der Waals surface area (Å²) in [4.78, 5) is 23.1. The fourth-order valence-electron chi connectivity index (χ4n) is 1.55. The second kappa shape index (κ2) is 6.46. The lowest BCUT2D eigenvalue weighted by molar-refractivity contribution is -0.166. The van der Waals surface area contributed by atoms with Crippen LogP contribution in [0.15, 0.2) is 18.2 Å². The van der Waals surface area contributed by atoms with Gasteiger partial charge in [-0.25, -0.2) is 0 Å². The SMILES string of the molecule is CC(C)(C)OC(=O)[C@H](Cc1ccc(Cl)c(Cl)c1)C(=O)O. The number of benzene rings is 1. The third kappa shape index (κ3) is 5.02. The normalized spacial score (nSPS) is 12.8. The smallest absolute Gasteiger partial charge is 0.321 e. The fourth-order valence-corrected chi connectivity index (χ4v) is 1.87. The van der Waals surface area contributed by atoms with Crippen LogP contribution in [0.5, 0.6) is 0 Å². The highest BCUT2D eigenvalue weighted by atomic mass is 35.5. The van der Waals surface area contributed by atoms with Crippen molar-refractivity contribution in [2.45, 2.75) is 32.8 Å². The third-order valence-electron chi connectivity index (χ3n) is 2.41. The zero-order chi connectivity index (χ0) is 15.5. The molecular formula is C14H16Cl2O4. The summed E-state index contributed by atoms with van der Waals surface area (Å²) in [6.45, 7) is 5.05. The van der Waals surface area contributed by atoms with Crippen molar-refractivity contribution in [3.05, 3.63) is 33.8 Å². The van der Waals surface area contributed by atoms with Crippen LogP contribution in [-0.4, -0.2) is 22.6 Å². The monoisotopic (exact) mass is 318 g/mol. The summed E-state index contributed by atoms with van der Waals surface area (Å²) >= 11 is 11.7. The summed E-state index contributed by atoms with van der Waals surface area (Å²) in [5.41, 5.74) is -0.125. The van der Waals surface area contributed by atoms with E-state index in [4.69, 9.17) is 33.0 Å². The molecule has 110 valence electrons. The van der Waals surface area contributed by atoms with Gasteiger partial charge in [0.2, 0.25) is 0 Å². The molecule has 0 saturated heterocycles. The van der Waals surface area contributed by atoms with Crippen molar-refractivity contribution >= 4 is 35.1 Å². The van der Waals surface area contributed by atoms with Crippen molar-refractivity contribution in [3.8, 4) is 0 Å². The van der Waals surface area contributed by atoms with Crippen LogP contribution < -0.4 is 0 Å². The van der Waals surface area contributed by atoms with E-state index in [2.05, 4.69) is 0 Å². The van der Waals surface area contributed by atoms with Gasteiger partial charge in [-0.15, -0.1) is 0 Å². The lowest BCUT2D eigenvalue weighted by Gasteiger charge is -2.22. The second-order valence-electron chi connectivity index (χ2n) is 5.38. The first-order valence-corrected chi connectivity index (χ1v) is 6.75. The molecule has 0 radical (unpaired) electrons. The molecule has 1 aromatic carbocycles. The third-order valence-corrected chi connectivity index (χ3v) is 3.15. The van der Waals surface area contributed by atoms with Gasteiger partial charge >= 0.3 is 11.9 Å². The predicted molar refractivity (Wildman–Crippen MR) is 77.1 cm³/mol. The van der Waals surface area contributed by atoms with E-state index in [1.54, 1.807) is 39.0 Å². The molecule has 0 bridgehead atoms. The first-order valence-electron chi connectivity index (χ1n) is 6.00. The molecule has 6 heteroatoms. The fraction of sp³-hybridized carbons (Fsp3) is 0.429. The molecule has 1 N–H and O–H groups in total. The number of carbonyl (C=O) groups excluding carboxylic acids is 1. The Kier molecular flexibility index (Phi) is 5.42. The molecule has 0 saturated carbocycles. The van der Waals surface area contributed by atoms with E-state index >= 15 is 0 Å². The molecule has 0 aromatic heterocycles. The molecule has 0 aliphatic rings. The molecule has 1 rings (SSSR count). The van der Waals surface area contributed by atoms with Crippen molar-refractivity contribution in [1.82, 2.24) is 0 Å². The van der Waals surface area contributed by atoms with E-state index in [0.717, 1.165) is 0 Å². The maximum atomic E-state index is 11.9. The van der Waals surface area contributed by atoms with E-state index in [9.17, 15) is 9.59 Å². The number of carboxylic acid groups (broad SMARTS) is 1. The molecule has 0 aliphatic carbocycles.